The Morgan fingerprint density at radius 3 is 2.77 bits per heavy atom. The van der Waals surface area contributed by atoms with E-state index in [1.807, 2.05) is 20.9 Å². The van der Waals surface area contributed by atoms with Gasteiger partial charge in [-0.1, -0.05) is 0 Å². The molecule has 0 spiro atoms. The first-order chi connectivity index (χ1) is 6.09. The van der Waals surface area contributed by atoms with E-state index in [0.717, 1.165) is 0 Å². The van der Waals surface area contributed by atoms with Crippen LogP contribution in [0.2, 0.25) is 0 Å². The van der Waals surface area contributed by atoms with E-state index in [9.17, 15) is 5.11 Å². The lowest BCUT2D eigenvalue weighted by Crippen LogP contribution is -2.12. The molecule has 1 rings (SSSR count). The molecule has 74 valence electrons. The van der Waals surface area contributed by atoms with Crippen LogP contribution in [0.25, 0.3) is 0 Å². The fraction of sp³-hybridized carbons (Fsp3) is 0.667. The third-order valence-electron chi connectivity index (χ3n) is 1.65. The molecule has 0 saturated heterocycles. The summed E-state index contributed by atoms with van der Waals surface area (Å²) in [4.78, 5) is 4.03. The highest BCUT2D eigenvalue weighted by molar-refractivity contribution is 5.00. The number of rotatable bonds is 4. The maximum atomic E-state index is 9.58. The average molecular weight is 184 g/mol. The Morgan fingerprint density at radius 1 is 1.62 bits per heavy atom. The van der Waals surface area contributed by atoms with Crippen molar-refractivity contribution >= 4 is 0 Å². The van der Waals surface area contributed by atoms with Crippen molar-refractivity contribution in [1.29, 1.82) is 0 Å². The highest BCUT2D eigenvalue weighted by Crippen LogP contribution is 2.10. The number of aryl methyl sites for hydroxylation is 1. The first-order valence-electron chi connectivity index (χ1n) is 4.37. The Morgan fingerprint density at radius 2 is 2.31 bits per heavy atom. The molecule has 1 aromatic rings. The Hall–Kier alpha value is -0.870. The van der Waals surface area contributed by atoms with Crippen LogP contribution in [-0.4, -0.2) is 27.4 Å². The van der Waals surface area contributed by atoms with Crippen LogP contribution in [0.15, 0.2) is 12.5 Å². The number of aliphatic hydroxyl groups excluding tert-OH is 1. The molecule has 0 radical (unpaired) electrons. The number of aromatic nitrogens is 2. The lowest BCUT2D eigenvalue weighted by molar-refractivity contribution is 0.00339. The lowest BCUT2D eigenvalue weighted by atomic mass is 10.3. The van der Waals surface area contributed by atoms with Crippen molar-refractivity contribution in [2.75, 3.05) is 6.61 Å². The molecule has 1 unspecified atom stereocenters. The molecule has 0 aliphatic rings. The van der Waals surface area contributed by atoms with Crippen molar-refractivity contribution in [2.45, 2.75) is 26.1 Å². The summed E-state index contributed by atoms with van der Waals surface area (Å²) in [5.74, 6) is 0. The van der Waals surface area contributed by atoms with Crippen LogP contribution in [0.5, 0.6) is 0 Å². The van der Waals surface area contributed by atoms with Gasteiger partial charge >= 0.3 is 0 Å². The van der Waals surface area contributed by atoms with Crippen LogP contribution in [0.3, 0.4) is 0 Å². The van der Waals surface area contributed by atoms with Crippen LogP contribution >= 0.6 is 0 Å². The maximum absolute atomic E-state index is 9.58. The Labute approximate surface area is 78.2 Å². The molecule has 0 fully saturated rings. The van der Waals surface area contributed by atoms with E-state index >= 15 is 0 Å². The van der Waals surface area contributed by atoms with Crippen molar-refractivity contribution in [3.8, 4) is 0 Å². The molecule has 1 aromatic heterocycles. The van der Waals surface area contributed by atoms with Gasteiger partial charge in [-0.3, -0.25) is 0 Å². The summed E-state index contributed by atoms with van der Waals surface area (Å²) in [6, 6.07) is 0. The summed E-state index contributed by atoms with van der Waals surface area (Å²) in [6.07, 6.45) is 2.96. The molecule has 0 aliphatic heterocycles. The summed E-state index contributed by atoms with van der Waals surface area (Å²) in [6.45, 7) is 4.17. The molecule has 1 heterocycles. The molecule has 4 nitrogen and oxygen atoms in total. The maximum Gasteiger partial charge on any atom is 0.121 e. The van der Waals surface area contributed by atoms with Crippen LogP contribution in [0, 0.1) is 0 Å². The molecule has 0 bridgehead atoms. The minimum atomic E-state index is -0.622. The van der Waals surface area contributed by atoms with E-state index in [1.165, 1.54) is 0 Å². The van der Waals surface area contributed by atoms with Crippen LogP contribution in [0.1, 0.15) is 25.6 Å². The second-order valence-electron chi connectivity index (χ2n) is 3.36. The van der Waals surface area contributed by atoms with Gasteiger partial charge in [-0.15, -0.1) is 0 Å². The average Bonchev–Trinajstić information content (AvgIpc) is 2.47. The number of ether oxygens (including phenoxy) is 1. The predicted molar refractivity (Wildman–Crippen MR) is 49.3 cm³/mol. The van der Waals surface area contributed by atoms with Gasteiger partial charge in [0.15, 0.2) is 0 Å². The van der Waals surface area contributed by atoms with Crippen LogP contribution < -0.4 is 0 Å². The second kappa shape index (κ2) is 4.39. The predicted octanol–water partition coefficient (Wildman–Crippen LogP) is 0.879. The zero-order chi connectivity index (χ0) is 9.84. The minimum Gasteiger partial charge on any atom is -0.384 e. The van der Waals surface area contributed by atoms with E-state index < -0.39 is 6.10 Å². The molecule has 0 saturated carbocycles. The standard InChI is InChI=1S/C9H16N2O2/c1-7(2)13-5-9(12)8-4-11(3)6-10-8/h4,6-7,9,12H,5H2,1-3H3. The van der Waals surface area contributed by atoms with Crippen molar-refractivity contribution in [3.63, 3.8) is 0 Å². The molecule has 0 amide bonds. The Balaban J connectivity index is 2.44. The van der Waals surface area contributed by atoms with Gasteiger partial charge in [-0.25, -0.2) is 4.98 Å². The van der Waals surface area contributed by atoms with Gasteiger partial charge in [0.25, 0.3) is 0 Å². The second-order valence-corrected chi connectivity index (χ2v) is 3.36. The summed E-state index contributed by atoms with van der Waals surface area (Å²) in [5.41, 5.74) is 0.656. The summed E-state index contributed by atoms with van der Waals surface area (Å²) >= 11 is 0. The van der Waals surface area contributed by atoms with E-state index in [1.54, 1.807) is 17.1 Å². The van der Waals surface area contributed by atoms with E-state index in [2.05, 4.69) is 4.98 Å². The van der Waals surface area contributed by atoms with Crippen molar-refractivity contribution < 1.29 is 9.84 Å². The first kappa shape index (κ1) is 10.2. The third-order valence-corrected chi connectivity index (χ3v) is 1.65. The SMILES string of the molecule is CC(C)OCC(O)c1cn(C)cn1. The van der Waals surface area contributed by atoms with Gasteiger partial charge in [0.05, 0.1) is 24.7 Å². The topological polar surface area (TPSA) is 47.3 Å². The van der Waals surface area contributed by atoms with Gasteiger partial charge < -0.3 is 14.4 Å². The van der Waals surface area contributed by atoms with Crippen molar-refractivity contribution in [2.24, 2.45) is 7.05 Å². The highest BCUT2D eigenvalue weighted by atomic mass is 16.5. The van der Waals surface area contributed by atoms with Gasteiger partial charge in [-0.2, -0.15) is 0 Å². The summed E-state index contributed by atoms with van der Waals surface area (Å²) in [7, 11) is 1.87. The number of hydrogen-bond acceptors (Lipinski definition) is 3. The summed E-state index contributed by atoms with van der Waals surface area (Å²) in [5, 5.41) is 9.58. The smallest absolute Gasteiger partial charge is 0.121 e. The minimum absolute atomic E-state index is 0.137. The van der Waals surface area contributed by atoms with Gasteiger partial charge in [0.2, 0.25) is 0 Å². The van der Waals surface area contributed by atoms with Crippen molar-refractivity contribution in [1.82, 2.24) is 9.55 Å². The number of imidazole rings is 1. The fourth-order valence-electron chi connectivity index (χ4n) is 0.974. The largest absolute Gasteiger partial charge is 0.384 e. The summed E-state index contributed by atoms with van der Waals surface area (Å²) < 4.78 is 7.07. The number of nitrogens with zero attached hydrogens (tertiary/aromatic N) is 2. The van der Waals surface area contributed by atoms with E-state index in [0.29, 0.717) is 12.3 Å². The number of hydrogen-bond donors (Lipinski definition) is 1. The molecular formula is C9H16N2O2. The molecule has 13 heavy (non-hydrogen) atoms. The molecule has 0 aromatic carbocycles. The Kier molecular flexibility index (Phi) is 3.45. The lowest BCUT2D eigenvalue weighted by Gasteiger charge is -2.11. The Bertz CT molecular complexity index is 258. The first-order valence-corrected chi connectivity index (χ1v) is 4.37. The normalized spacial score (nSPS) is 13.6. The quantitative estimate of drug-likeness (QED) is 0.755. The number of aliphatic hydroxyl groups is 1. The third kappa shape index (κ3) is 3.16. The van der Waals surface area contributed by atoms with Crippen LogP contribution in [-0.2, 0) is 11.8 Å². The fourth-order valence-corrected chi connectivity index (χ4v) is 0.974. The zero-order valence-electron chi connectivity index (χ0n) is 8.27. The van der Waals surface area contributed by atoms with E-state index in [-0.39, 0.29) is 6.10 Å². The highest BCUT2D eigenvalue weighted by Gasteiger charge is 2.10. The molecule has 4 heteroatoms. The van der Waals surface area contributed by atoms with Gasteiger partial charge in [0.1, 0.15) is 6.10 Å². The van der Waals surface area contributed by atoms with Gasteiger partial charge in [-0.05, 0) is 13.8 Å². The monoisotopic (exact) mass is 184 g/mol. The van der Waals surface area contributed by atoms with Crippen molar-refractivity contribution in [3.05, 3.63) is 18.2 Å². The molecule has 1 N–H and O–H groups in total. The molecule has 0 aliphatic carbocycles. The molecular weight excluding hydrogens is 168 g/mol. The van der Waals surface area contributed by atoms with E-state index in [4.69, 9.17) is 4.74 Å². The zero-order valence-corrected chi connectivity index (χ0v) is 8.27. The van der Waals surface area contributed by atoms with Gasteiger partial charge in [0, 0.05) is 13.2 Å². The van der Waals surface area contributed by atoms with Crippen LogP contribution in [0.4, 0.5) is 0 Å². The molecule has 1 atom stereocenters.